The lowest BCUT2D eigenvalue weighted by atomic mass is 10.1. The van der Waals surface area contributed by atoms with E-state index in [1.54, 1.807) is 11.9 Å². The van der Waals surface area contributed by atoms with E-state index < -0.39 is 0 Å². The maximum atomic E-state index is 12.6. The molecule has 26 heavy (non-hydrogen) atoms. The summed E-state index contributed by atoms with van der Waals surface area (Å²) in [5.41, 5.74) is 2.94. The Bertz CT molecular complexity index is 667. The molecule has 0 bridgehead atoms. The van der Waals surface area contributed by atoms with Crippen LogP contribution in [0.2, 0.25) is 0 Å². The molecule has 1 N–H and O–H groups in total. The highest BCUT2D eigenvalue weighted by atomic mass is 16.2. The highest BCUT2D eigenvalue weighted by molar-refractivity contribution is 5.88. The SMILES string of the molecule is CN1CC[C@H](NC(=O)N2CCCN(C3Cc4ccccc4C3)CC2)C1=O. The Kier molecular flexibility index (Phi) is 4.85. The third-order valence-electron chi connectivity index (χ3n) is 6.09. The van der Waals surface area contributed by atoms with Crippen molar-refractivity contribution in [1.29, 1.82) is 0 Å². The van der Waals surface area contributed by atoms with Crippen LogP contribution in [-0.2, 0) is 17.6 Å². The molecule has 1 aromatic rings. The number of likely N-dealkylation sites (N-methyl/N-ethyl adjacent to an activating group) is 1. The van der Waals surface area contributed by atoms with Crippen LogP contribution in [0.1, 0.15) is 24.0 Å². The highest BCUT2D eigenvalue weighted by Crippen LogP contribution is 2.26. The van der Waals surface area contributed by atoms with Gasteiger partial charge in [0.2, 0.25) is 5.91 Å². The van der Waals surface area contributed by atoms with Gasteiger partial charge in [-0.25, -0.2) is 4.79 Å². The van der Waals surface area contributed by atoms with Crippen molar-refractivity contribution in [3.8, 4) is 0 Å². The van der Waals surface area contributed by atoms with Gasteiger partial charge in [-0.2, -0.15) is 0 Å². The van der Waals surface area contributed by atoms with Gasteiger partial charge in [-0.05, 0) is 36.8 Å². The first kappa shape index (κ1) is 17.3. The van der Waals surface area contributed by atoms with Crippen molar-refractivity contribution in [2.75, 3.05) is 39.8 Å². The molecule has 6 heteroatoms. The van der Waals surface area contributed by atoms with Crippen molar-refractivity contribution >= 4 is 11.9 Å². The monoisotopic (exact) mass is 356 g/mol. The molecule has 4 rings (SSSR count). The van der Waals surface area contributed by atoms with Gasteiger partial charge >= 0.3 is 6.03 Å². The first-order chi connectivity index (χ1) is 12.6. The van der Waals surface area contributed by atoms with Gasteiger partial charge in [-0.1, -0.05) is 24.3 Å². The first-order valence-electron chi connectivity index (χ1n) is 9.73. The highest BCUT2D eigenvalue weighted by Gasteiger charge is 2.33. The fourth-order valence-corrected chi connectivity index (χ4v) is 4.50. The van der Waals surface area contributed by atoms with Gasteiger partial charge in [0.25, 0.3) is 0 Å². The zero-order valence-corrected chi connectivity index (χ0v) is 15.5. The number of carbonyl (C=O) groups excluding carboxylic acids is 2. The Hall–Kier alpha value is -2.08. The van der Waals surface area contributed by atoms with E-state index in [9.17, 15) is 9.59 Å². The van der Waals surface area contributed by atoms with Gasteiger partial charge in [-0.15, -0.1) is 0 Å². The summed E-state index contributed by atoms with van der Waals surface area (Å²) in [7, 11) is 1.79. The molecule has 1 aromatic carbocycles. The fraction of sp³-hybridized carbons (Fsp3) is 0.600. The van der Waals surface area contributed by atoms with Crippen LogP contribution in [0.25, 0.3) is 0 Å². The zero-order chi connectivity index (χ0) is 18.1. The van der Waals surface area contributed by atoms with Crippen LogP contribution in [0.4, 0.5) is 4.79 Å². The second kappa shape index (κ2) is 7.27. The Balaban J connectivity index is 1.31. The van der Waals surface area contributed by atoms with E-state index in [1.165, 1.54) is 11.1 Å². The van der Waals surface area contributed by atoms with E-state index in [1.807, 2.05) is 4.90 Å². The summed E-state index contributed by atoms with van der Waals surface area (Å²) < 4.78 is 0. The molecule has 140 valence electrons. The molecule has 1 aliphatic carbocycles. The van der Waals surface area contributed by atoms with Crippen LogP contribution in [0, 0.1) is 0 Å². The van der Waals surface area contributed by atoms with Crippen LogP contribution in [-0.4, -0.2) is 78.5 Å². The number of hydrogen-bond acceptors (Lipinski definition) is 3. The van der Waals surface area contributed by atoms with Gasteiger partial charge in [0, 0.05) is 45.8 Å². The minimum Gasteiger partial charge on any atom is -0.344 e. The molecule has 2 saturated heterocycles. The maximum absolute atomic E-state index is 12.6. The molecule has 1 atom stereocenters. The van der Waals surface area contributed by atoms with Crippen molar-refractivity contribution in [3.63, 3.8) is 0 Å². The standard InChI is InChI=1S/C20H28N4O2/c1-22-10-7-18(19(22)25)21-20(26)24-9-4-8-23(11-12-24)17-13-15-5-2-3-6-16(15)14-17/h2-3,5-6,17-18H,4,7-14H2,1H3,(H,21,26)/t18-/m0/s1. The Morgan fingerprint density at radius 1 is 1.04 bits per heavy atom. The molecule has 0 radical (unpaired) electrons. The molecular weight excluding hydrogens is 328 g/mol. The van der Waals surface area contributed by atoms with Gasteiger partial charge < -0.3 is 15.1 Å². The van der Waals surface area contributed by atoms with Gasteiger partial charge in [0.05, 0.1) is 0 Å². The molecule has 3 aliphatic rings. The van der Waals surface area contributed by atoms with E-state index in [0.29, 0.717) is 12.5 Å². The molecular formula is C20H28N4O2. The van der Waals surface area contributed by atoms with Crippen molar-refractivity contribution < 1.29 is 9.59 Å². The average molecular weight is 356 g/mol. The summed E-state index contributed by atoms with van der Waals surface area (Å²) in [5, 5.41) is 2.93. The van der Waals surface area contributed by atoms with Crippen LogP contribution in [0.5, 0.6) is 0 Å². The minimum atomic E-state index is -0.351. The Labute approximate surface area is 155 Å². The van der Waals surface area contributed by atoms with E-state index in [4.69, 9.17) is 0 Å². The predicted molar refractivity (Wildman–Crippen MR) is 100.0 cm³/mol. The molecule has 0 aromatic heterocycles. The summed E-state index contributed by atoms with van der Waals surface area (Å²) in [6.45, 7) is 4.16. The van der Waals surface area contributed by atoms with E-state index in [2.05, 4.69) is 34.5 Å². The number of amides is 3. The van der Waals surface area contributed by atoms with E-state index >= 15 is 0 Å². The summed E-state index contributed by atoms with van der Waals surface area (Å²) in [6, 6.07) is 8.84. The Morgan fingerprint density at radius 2 is 1.77 bits per heavy atom. The first-order valence-corrected chi connectivity index (χ1v) is 9.73. The van der Waals surface area contributed by atoms with Crippen molar-refractivity contribution in [2.24, 2.45) is 0 Å². The lowest BCUT2D eigenvalue weighted by Crippen LogP contribution is -2.48. The van der Waals surface area contributed by atoms with Crippen molar-refractivity contribution in [1.82, 2.24) is 20.0 Å². The second-order valence-corrected chi connectivity index (χ2v) is 7.76. The van der Waals surface area contributed by atoms with Crippen molar-refractivity contribution in [3.05, 3.63) is 35.4 Å². The number of urea groups is 1. The number of nitrogens with one attached hydrogen (secondary N) is 1. The third kappa shape index (κ3) is 3.43. The number of benzene rings is 1. The summed E-state index contributed by atoms with van der Waals surface area (Å²) >= 11 is 0. The molecule has 3 amide bonds. The quantitative estimate of drug-likeness (QED) is 0.863. The zero-order valence-electron chi connectivity index (χ0n) is 15.5. The molecule has 2 aliphatic heterocycles. The third-order valence-corrected chi connectivity index (χ3v) is 6.09. The molecule has 0 spiro atoms. The van der Waals surface area contributed by atoms with Crippen LogP contribution >= 0.6 is 0 Å². The number of hydrogen-bond donors (Lipinski definition) is 1. The molecule has 2 heterocycles. The number of fused-ring (bicyclic) bond motifs is 1. The summed E-state index contributed by atoms with van der Waals surface area (Å²) in [6.07, 6.45) is 3.93. The van der Waals surface area contributed by atoms with Gasteiger partial charge in [0.1, 0.15) is 6.04 Å². The molecule has 6 nitrogen and oxygen atoms in total. The topological polar surface area (TPSA) is 55.9 Å². The molecule has 2 fully saturated rings. The van der Waals surface area contributed by atoms with E-state index in [-0.39, 0.29) is 18.0 Å². The second-order valence-electron chi connectivity index (χ2n) is 7.76. The van der Waals surface area contributed by atoms with Gasteiger partial charge in [0.15, 0.2) is 0 Å². The lowest BCUT2D eigenvalue weighted by molar-refractivity contribution is -0.128. The number of nitrogens with zero attached hydrogens (tertiary/aromatic N) is 3. The number of rotatable bonds is 2. The summed E-state index contributed by atoms with van der Waals surface area (Å²) in [4.78, 5) is 30.7. The average Bonchev–Trinajstić information content (AvgIpc) is 3.10. The van der Waals surface area contributed by atoms with Crippen LogP contribution < -0.4 is 5.32 Å². The smallest absolute Gasteiger partial charge is 0.318 e. The van der Waals surface area contributed by atoms with Crippen LogP contribution in [0.15, 0.2) is 24.3 Å². The van der Waals surface area contributed by atoms with E-state index in [0.717, 1.165) is 52.0 Å². The normalized spacial score (nSPS) is 24.7. The molecule has 0 unspecified atom stereocenters. The number of likely N-dealkylation sites (tertiary alicyclic amines) is 1. The fourth-order valence-electron chi connectivity index (χ4n) is 4.50. The minimum absolute atomic E-state index is 0.0264. The van der Waals surface area contributed by atoms with Crippen molar-refractivity contribution in [2.45, 2.75) is 37.8 Å². The Morgan fingerprint density at radius 3 is 2.42 bits per heavy atom. The predicted octanol–water partition coefficient (Wildman–Crippen LogP) is 1.10. The largest absolute Gasteiger partial charge is 0.344 e. The maximum Gasteiger partial charge on any atom is 0.318 e. The summed E-state index contributed by atoms with van der Waals surface area (Å²) in [5.74, 6) is 0.0264. The van der Waals surface area contributed by atoms with Gasteiger partial charge in [-0.3, -0.25) is 9.69 Å². The lowest BCUT2D eigenvalue weighted by Gasteiger charge is -2.27. The number of carbonyl (C=O) groups is 2. The molecule has 0 saturated carbocycles. The van der Waals surface area contributed by atoms with Crippen LogP contribution in [0.3, 0.4) is 0 Å².